The molecule has 198 valence electrons. The Morgan fingerprint density at radius 3 is 2.26 bits per heavy atom. The molecule has 0 aliphatic rings. The number of hydrogen-bond donors (Lipinski definition) is 2. The predicted octanol–water partition coefficient (Wildman–Crippen LogP) is 8.43. The maximum Gasteiger partial charge on any atom is 0.319 e. The van der Waals surface area contributed by atoms with Gasteiger partial charge in [-0.1, -0.05) is 111 Å². The highest BCUT2D eigenvalue weighted by atomic mass is 35.5. The molecule has 0 spiro atoms. The summed E-state index contributed by atoms with van der Waals surface area (Å²) in [6.45, 7) is 8.62. The molecule has 6 nitrogen and oxygen atoms in total. The molecule has 4 rings (SSSR count). The monoisotopic (exact) mass is 567 g/mol. The van der Waals surface area contributed by atoms with Crippen LogP contribution < -0.4 is 10.6 Å². The van der Waals surface area contributed by atoms with Crippen molar-refractivity contribution in [2.45, 2.75) is 57.0 Å². The molecule has 38 heavy (non-hydrogen) atoms. The van der Waals surface area contributed by atoms with Crippen LogP contribution >= 0.6 is 35.0 Å². The first-order valence-corrected chi connectivity index (χ1v) is 14.2. The first-order chi connectivity index (χ1) is 18.2. The normalized spacial score (nSPS) is 11.3. The van der Waals surface area contributed by atoms with E-state index in [2.05, 4.69) is 72.8 Å². The maximum absolute atomic E-state index is 13.1. The summed E-state index contributed by atoms with van der Waals surface area (Å²) in [5.41, 5.74) is 4.87. The molecule has 4 aromatic rings. The van der Waals surface area contributed by atoms with E-state index in [-0.39, 0.29) is 24.4 Å². The molecule has 0 radical (unpaired) electrons. The topological polar surface area (TPSA) is 71.8 Å². The summed E-state index contributed by atoms with van der Waals surface area (Å²) in [4.78, 5) is 13.1. The second-order valence-electron chi connectivity index (χ2n) is 9.53. The van der Waals surface area contributed by atoms with Crippen LogP contribution in [0.15, 0.2) is 71.9 Å². The summed E-state index contributed by atoms with van der Waals surface area (Å²) >= 11 is 14.4. The van der Waals surface area contributed by atoms with Crippen LogP contribution in [0.5, 0.6) is 0 Å². The van der Waals surface area contributed by atoms with Gasteiger partial charge in [0, 0.05) is 16.5 Å². The number of anilines is 1. The molecule has 9 heteroatoms. The highest BCUT2D eigenvalue weighted by molar-refractivity contribution is 7.98. The summed E-state index contributed by atoms with van der Waals surface area (Å²) in [6.07, 6.45) is 0. The first-order valence-electron chi connectivity index (χ1n) is 12.5. The van der Waals surface area contributed by atoms with Crippen molar-refractivity contribution in [3.63, 3.8) is 0 Å². The number of aromatic nitrogens is 3. The van der Waals surface area contributed by atoms with Crippen molar-refractivity contribution in [2.24, 2.45) is 0 Å². The first kappa shape index (κ1) is 28.0. The fraction of sp³-hybridized carbons (Fsp3) is 0.276. The standard InChI is InChI=1S/C29H31Cl2N5OS/c1-18(2)22-11-8-12-23(19(3)4)27(22)33-28(37)32-16-26-34-35-29(38-17-20-9-6-5-7-10-20)36(26)25-15-21(30)13-14-24(25)31/h5-15,18-19H,16-17H2,1-4H3,(H2,32,33,37). The van der Waals surface area contributed by atoms with Crippen molar-refractivity contribution in [2.75, 3.05) is 5.32 Å². The largest absolute Gasteiger partial charge is 0.331 e. The van der Waals surface area contributed by atoms with Gasteiger partial charge in [0.1, 0.15) is 0 Å². The number of halogens is 2. The Kier molecular flexibility index (Phi) is 9.36. The van der Waals surface area contributed by atoms with Gasteiger partial charge in [-0.15, -0.1) is 10.2 Å². The summed E-state index contributed by atoms with van der Waals surface area (Å²) in [5.74, 6) is 1.78. The number of nitrogens with zero attached hydrogens (tertiary/aromatic N) is 3. The maximum atomic E-state index is 13.1. The van der Waals surface area contributed by atoms with Crippen LogP contribution in [0.25, 0.3) is 5.69 Å². The van der Waals surface area contributed by atoms with E-state index in [0.29, 0.717) is 32.5 Å². The van der Waals surface area contributed by atoms with E-state index in [1.807, 2.05) is 28.8 Å². The van der Waals surface area contributed by atoms with Crippen molar-refractivity contribution < 1.29 is 4.79 Å². The lowest BCUT2D eigenvalue weighted by atomic mass is 9.93. The molecular formula is C29H31Cl2N5OS. The van der Waals surface area contributed by atoms with Gasteiger partial charge in [-0.3, -0.25) is 4.57 Å². The van der Waals surface area contributed by atoms with Crippen LogP contribution in [0.2, 0.25) is 10.0 Å². The summed E-state index contributed by atoms with van der Waals surface area (Å²) in [5, 5.41) is 16.6. The zero-order chi connectivity index (χ0) is 27.2. The predicted molar refractivity (Wildman–Crippen MR) is 158 cm³/mol. The highest BCUT2D eigenvalue weighted by Gasteiger charge is 2.20. The third-order valence-corrected chi connectivity index (χ3v) is 7.63. The molecule has 1 heterocycles. The van der Waals surface area contributed by atoms with Gasteiger partial charge in [0.15, 0.2) is 11.0 Å². The second-order valence-corrected chi connectivity index (χ2v) is 11.3. The molecule has 1 aromatic heterocycles. The Bertz CT molecular complexity index is 1380. The number of thioether (sulfide) groups is 1. The molecule has 0 atom stereocenters. The number of urea groups is 1. The van der Waals surface area contributed by atoms with E-state index < -0.39 is 0 Å². The number of amides is 2. The molecule has 3 aromatic carbocycles. The number of benzene rings is 3. The zero-order valence-electron chi connectivity index (χ0n) is 21.8. The summed E-state index contributed by atoms with van der Waals surface area (Å²) in [7, 11) is 0. The third-order valence-electron chi connectivity index (χ3n) is 6.08. The molecule has 0 bridgehead atoms. The van der Waals surface area contributed by atoms with Crippen LogP contribution in [-0.2, 0) is 12.3 Å². The van der Waals surface area contributed by atoms with Crippen molar-refractivity contribution in [1.29, 1.82) is 0 Å². The van der Waals surface area contributed by atoms with Gasteiger partial charge >= 0.3 is 6.03 Å². The number of para-hydroxylation sites is 1. The summed E-state index contributed by atoms with van der Waals surface area (Å²) in [6, 6.07) is 21.2. The average molecular weight is 569 g/mol. The van der Waals surface area contributed by atoms with Crippen molar-refractivity contribution >= 4 is 46.7 Å². The number of rotatable bonds is 9. The minimum atomic E-state index is -0.315. The van der Waals surface area contributed by atoms with Crippen LogP contribution in [0.3, 0.4) is 0 Å². The number of carbonyl (C=O) groups excluding carboxylic acids is 1. The molecule has 2 N–H and O–H groups in total. The second kappa shape index (κ2) is 12.7. The lowest BCUT2D eigenvalue weighted by molar-refractivity contribution is 0.251. The minimum absolute atomic E-state index is 0.147. The van der Waals surface area contributed by atoms with Crippen molar-refractivity contribution in [1.82, 2.24) is 20.1 Å². The van der Waals surface area contributed by atoms with Gasteiger partial charge < -0.3 is 10.6 Å². The Balaban J connectivity index is 1.59. The summed E-state index contributed by atoms with van der Waals surface area (Å²) < 4.78 is 1.85. The lowest BCUT2D eigenvalue weighted by Gasteiger charge is -2.20. The SMILES string of the molecule is CC(C)c1cccc(C(C)C)c1NC(=O)NCc1nnc(SCc2ccccc2)n1-c1cc(Cl)ccc1Cl. The Morgan fingerprint density at radius 1 is 0.921 bits per heavy atom. The van der Waals surface area contributed by atoms with E-state index in [1.54, 1.807) is 18.2 Å². The molecule has 0 saturated heterocycles. The Morgan fingerprint density at radius 2 is 1.61 bits per heavy atom. The Hall–Kier alpha value is -3.00. The molecule has 0 aliphatic carbocycles. The van der Waals surface area contributed by atoms with Crippen LogP contribution in [0.1, 0.15) is 62.0 Å². The number of hydrogen-bond acceptors (Lipinski definition) is 4. The van der Waals surface area contributed by atoms with Gasteiger partial charge in [0.05, 0.1) is 17.3 Å². The average Bonchev–Trinajstić information content (AvgIpc) is 3.30. The third kappa shape index (κ3) is 6.70. The highest BCUT2D eigenvalue weighted by Crippen LogP contribution is 2.33. The molecule has 0 aliphatic heterocycles. The van der Waals surface area contributed by atoms with Crippen molar-refractivity contribution in [3.8, 4) is 5.69 Å². The van der Waals surface area contributed by atoms with Crippen LogP contribution in [0, 0.1) is 0 Å². The molecule has 0 saturated carbocycles. The minimum Gasteiger partial charge on any atom is -0.331 e. The van der Waals surface area contributed by atoms with Crippen molar-refractivity contribution in [3.05, 3.63) is 99.3 Å². The molecular weight excluding hydrogens is 537 g/mol. The number of nitrogens with one attached hydrogen (secondary N) is 2. The fourth-order valence-electron chi connectivity index (χ4n) is 4.14. The van der Waals surface area contributed by atoms with Gasteiger partial charge in [-0.05, 0) is 46.7 Å². The zero-order valence-corrected chi connectivity index (χ0v) is 24.2. The van der Waals surface area contributed by atoms with Gasteiger partial charge in [-0.2, -0.15) is 0 Å². The van der Waals surface area contributed by atoms with E-state index in [4.69, 9.17) is 23.2 Å². The fourth-order valence-corrected chi connectivity index (χ4v) is 5.43. The van der Waals surface area contributed by atoms with Gasteiger partial charge in [0.25, 0.3) is 0 Å². The smallest absolute Gasteiger partial charge is 0.319 e. The number of carbonyl (C=O) groups is 1. The molecule has 0 fully saturated rings. The van der Waals surface area contributed by atoms with E-state index in [9.17, 15) is 4.79 Å². The van der Waals surface area contributed by atoms with E-state index >= 15 is 0 Å². The van der Waals surface area contributed by atoms with Gasteiger partial charge in [0.2, 0.25) is 0 Å². The Labute approximate surface area is 238 Å². The molecule has 0 unspecified atom stereocenters. The van der Waals surface area contributed by atoms with Crippen LogP contribution in [-0.4, -0.2) is 20.8 Å². The van der Waals surface area contributed by atoms with E-state index in [0.717, 1.165) is 22.4 Å². The molecule has 2 amide bonds. The quantitative estimate of drug-likeness (QED) is 0.199. The van der Waals surface area contributed by atoms with E-state index in [1.165, 1.54) is 11.8 Å². The van der Waals surface area contributed by atoms with Gasteiger partial charge in [-0.25, -0.2) is 4.79 Å². The van der Waals surface area contributed by atoms with Crippen LogP contribution in [0.4, 0.5) is 10.5 Å². The lowest BCUT2D eigenvalue weighted by Crippen LogP contribution is -2.30.